The minimum absolute atomic E-state index is 0.0449. The van der Waals surface area contributed by atoms with Crippen molar-refractivity contribution >= 4 is 0 Å². The van der Waals surface area contributed by atoms with E-state index in [4.69, 9.17) is 18.9 Å². The Hall–Kier alpha value is -0.440. The fourth-order valence-corrected chi connectivity index (χ4v) is 2.37. The molecule has 0 bridgehead atoms. The molecule has 0 aliphatic carbocycles. The maximum Gasteiger partial charge on any atom is 0.104 e. The number of rotatable bonds is 19. The molecular weight excluding hydrogens is 392 g/mol. The first-order valence-corrected chi connectivity index (χ1v) is 9.53. The van der Waals surface area contributed by atoms with Crippen LogP contribution in [-0.2, 0) is 18.9 Å². The zero-order valence-corrected chi connectivity index (χ0v) is 16.7. The van der Waals surface area contributed by atoms with Crippen LogP contribution in [0, 0.1) is 16.2 Å². The lowest BCUT2D eigenvalue weighted by molar-refractivity contribution is -0.131. The number of aliphatic hydroxyl groups is 7. The summed E-state index contributed by atoms with van der Waals surface area (Å²) >= 11 is 0. The lowest BCUT2D eigenvalue weighted by Crippen LogP contribution is -2.45. The Bertz CT molecular complexity index is 410. The van der Waals surface area contributed by atoms with Crippen LogP contribution in [0.1, 0.15) is 0 Å². The molecule has 1 heterocycles. The van der Waals surface area contributed by atoms with Crippen molar-refractivity contribution in [2.75, 3.05) is 92.5 Å². The van der Waals surface area contributed by atoms with E-state index in [9.17, 15) is 35.7 Å². The second kappa shape index (κ2) is 13.1. The molecule has 174 valence electrons. The molecule has 1 fully saturated rings. The SMILES string of the molecule is OCC(CO)(CO)COCC(CO)(CO)COCC(CO)(CO)COCC1CO1. The van der Waals surface area contributed by atoms with Gasteiger partial charge in [0, 0.05) is 0 Å². The Kier molecular flexibility index (Phi) is 12.0. The summed E-state index contributed by atoms with van der Waals surface area (Å²) in [5, 5.41) is 66.8. The summed E-state index contributed by atoms with van der Waals surface area (Å²) in [6, 6.07) is 0. The number of hydrogen-bond donors (Lipinski definition) is 7. The molecule has 0 spiro atoms. The first kappa shape index (κ1) is 26.6. The fraction of sp³-hybridized carbons (Fsp3) is 1.00. The van der Waals surface area contributed by atoms with Crippen molar-refractivity contribution < 1.29 is 54.7 Å². The number of epoxide rings is 1. The van der Waals surface area contributed by atoms with Gasteiger partial charge in [0.05, 0.1) is 109 Å². The van der Waals surface area contributed by atoms with E-state index >= 15 is 0 Å². The van der Waals surface area contributed by atoms with Crippen LogP contribution in [0.4, 0.5) is 0 Å². The van der Waals surface area contributed by atoms with Gasteiger partial charge in [-0.05, 0) is 0 Å². The van der Waals surface area contributed by atoms with Gasteiger partial charge in [-0.3, -0.25) is 0 Å². The van der Waals surface area contributed by atoms with Gasteiger partial charge in [0.15, 0.2) is 0 Å². The second-order valence-electron chi connectivity index (χ2n) is 8.06. The van der Waals surface area contributed by atoms with Crippen LogP contribution in [0.2, 0.25) is 0 Å². The molecule has 0 amide bonds. The molecule has 0 radical (unpaired) electrons. The standard InChI is InChI=1S/C18H36O11/c19-3-16(4-20,5-21)10-27-13-18(8-24,9-25)14-28-12-17(6-22,7-23)11-26-1-15-2-29-15/h15,19-25H,1-14H2. The van der Waals surface area contributed by atoms with E-state index in [0.717, 1.165) is 0 Å². The zero-order valence-electron chi connectivity index (χ0n) is 16.7. The van der Waals surface area contributed by atoms with E-state index in [1.807, 2.05) is 0 Å². The molecule has 1 aliphatic rings. The predicted molar refractivity (Wildman–Crippen MR) is 99.1 cm³/mol. The molecule has 0 saturated carbocycles. The van der Waals surface area contributed by atoms with Crippen LogP contribution in [0.25, 0.3) is 0 Å². The Morgan fingerprint density at radius 2 is 0.862 bits per heavy atom. The Morgan fingerprint density at radius 3 is 1.17 bits per heavy atom. The van der Waals surface area contributed by atoms with Crippen LogP contribution in [-0.4, -0.2) is 134 Å². The minimum Gasteiger partial charge on any atom is -0.396 e. The van der Waals surface area contributed by atoms with Crippen LogP contribution in [0.5, 0.6) is 0 Å². The molecular formula is C18H36O11. The predicted octanol–water partition coefficient (Wildman–Crippen LogP) is -3.66. The minimum atomic E-state index is -1.23. The van der Waals surface area contributed by atoms with Crippen molar-refractivity contribution in [1.29, 1.82) is 0 Å². The van der Waals surface area contributed by atoms with Crippen molar-refractivity contribution in [2.24, 2.45) is 16.2 Å². The normalized spacial score (nSPS) is 17.7. The lowest BCUT2D eigenvalue weighted by Gasteiger charge is -2.34. The molecule has 29 heavy (non-hydrogen) atoms. The van der Waals surface area contributed by atoms with Gasteiger partial charge in [0.1, 0.15) is 6.10 Å². The van der Waals surface area contributed by atoms with Crippen molar-refractivity contribution in [1.82, 2.24) is 0 Å². The van der Waals surface area contributed by atoms with Gasteiger partial charge in [0.2, 0.25) is 0 Å². The fourth-order valence-electron chi connectivity index (χ4n) is 2.37. The Balaban J connectivity index is 2.54. The molecule has 7 N–H and O–H groups in total. The molecule has 1 rings (SSSR count). The van der Waals surface area contributed by atoms with Gasteiger partial charge < -0.3 is 54.7 Å². The Labute approximate surface area is 170 Å². The number of aliphatic hydroxyl groups excluding tert-OH is 7. The summed E-state index contributed by atoms with van der Waals surface area (Å²) < 4.78 is 21.5. The van der Waals surface area contributed by atoms with E-state index in [0.29, 0.717) is 13.2 Å². The molecule has 1 unspecified atom stereocenters. The third-order valence-corrected chi connectivity index (χ3v) is 5.10. The highest BCUT2D eigenvalue weighted by atomic mass is 16.6. The molecule has 0 aromatic carbocycles. The highest BCUT2D eigenvalue weighted by Crippen LogP contribution is 2.24. The summed E-state index contributed by atoms with van der Waals surface area (Å²) in [5.41, 5.74) is -3.47. The first-order chi connectivity index (χ1) is 13.9. The topological polar surface area (TPSA) is 182 Å². The number of hydrogen-bond acceptors (Lipinski definition) is 11. The van der Waals surface area contributed by atoms with E-state index in [-0.39, 0.29) is 52.4 Å². The van der Waals surface area contributed by atoms with Crippen LogP contribution < -0.4 is 0 Å². The Morgan fingerprint density at radius 1 is 0.552 bits per heavy atom. The van der Waals surface area contributed by atoms with E-state index in [2.05, 4.69) is 0 Å². The average Bonchev–Trinajstić information content (AvgIpc) is 3.59. The van der Waals surface area contributed by atoms with E-state index in [1.54, 1.807) is 0 Å². The smallest absolute Gasteiger partial charge is 0.104 e. The highest BCUT2D eigenvalue weighted by molar-refractivity contribution is 4.83. The van der Waals surface area contributed by atoms with Gasteiger partial charge in [-0.25, -0.2) is 0 Å². The third-order valence-electron chi connectivity index (χ3n) is 5.10. The molecule has 1 aliphatic heterocycles. The molecule has 1 saturated heterocycles. The average molecular weight is 428 g/mol. The first-order valence-electron chi connectivity index (χ1n) is 9.53. The quantitative estimate of drug-likeness (QED) is 0.101. The molecule has 0 aromatic rings. The summed E-state index contributed by atoms with van der Waals surface area (Å²) in [7, 11) is 0. The van der Waals surface area contributed by atoms with Gasteiger partial charge in [-0.2, -0.15) is 0 Å². The van der Waals surface area contributed by atoms with Crippen LogP contribution >= 0.6 is 0 Å². The summed E-state index contributed by atoms with van der Waals surface area (Å²) in [5.74, 6) is 0. The molecule has 0 aromatic heterocycles. The van der Waals surface area contributed by atoms with Gasteiger partial charge in [0.25, 0.3) is 0 Å². The molecule has 11 nitrogen and oxygen atoms in total. The van der Waals surface area contributed by atoms with Gasteiger partial charge in [-0.15, -0.1) is 0 Å². The monoisotopic (exact) mass is 428 g/mol. The van der Waals surface area contributed by atoms with Crippen LogP contribution in [0.15, 0.2) is 0 Å². The van der Waals surface area contributed by atoms with E-state index < -0.39 is 49.3 Å². The lowest BCUT2D eigenvalue weighted by atomic mass is 9.90. The van der Waals surface area contributed by atoms with Crippen molar-refractivity contribution in [2.45, 2.75) is 6.10 Å². The highest BCUT2D eigenvalue weighted by Gasteiger charge is 2.36. The van der Waals surface area contributed by atoms with Crippen molar-refractivity contribution in [3.05, 3.63) is 0 Å². The van der Waals surface area contributed by atoms with Gasteiger partial charge >= 0.3 is 0 Å². The second-order valence-corrected chi connectivity index (χ2v) is 8.06. The van der Waals surface area contributed by atoms with Crippen molar-refractivity contribution in [3.63, 3.8) is 0 Å². The largest absolute Gasteiger partial charge is 0.396 e. The summed E-state index contributed by atoms with van der Waals surface area (Å²) in [6.07, 6.45) is 0.0449. The maximum absolute atomic E-state index is 9.73. The van der Waals surface area contributed by atoms with E-state index in [1.165, 1.54) is 0 Å². The zero-order chi connectivity index (χ0) is 21.8. The van der Waals surface area contributed by atoms with Gasteiger partial charge in [-0.1, -0.05) is 0 Å². The summed E-state index contributed by atoms with van der Waals surface area (Å²) in [4.78, 5) is 0. The number of ether oxygens (including phenoxy) is 4. The summed E-state index contributed by atoms with van der Waals surface area (Å²) in [6.45, 7) is -2.76. The third kappa shape index (κ3) is 8.31. The molecule has 11 heteroatoms. The van der Waals surface area contributed by atoms with Crippen molar-refractivity contribution in [3.8, 4) is 0 Å². The van der Waals surface area contributed by atoms with Crippen LogP contribution in [0.3, 0.4) is 0 Å². The molecule has 1 atom stereocenters. The maximum atomic E-state index is 9.73.